The van der Waals surface area contributed by atoms with Crippen LogP contribution < -0.4 is 0 Å². The highest BCUT2D eigenvalue weighted by Crippen LogP contribution is 2.25. The van der Waals surface area contributed by atoms with E-state index in [9.17, 15) is 18.0 Å². The fourth-order valence-corrected chi connectivity index (χ4v) is 1.21. The van der Waals surface area contributed by atoms with E-state index >= 15 is 0 Å². The molecule has 6 heteroatoms. The van der Waals surface area contributed by atoms with Gasteiger partial charge in [-0.05, 0) is 22.0 Å². The minimum Gasteiger partial charge on any atom is -0.298 e. The van der Waals surface area contributed by atoms with Crippen LogP contribution in [0, 0.1) is 5.95 Å². The summed E-state index contributed by atoms with van der Waals surface area (Å²) in [4.78, 5) is 13.4. The predicted octanol–water partition coefficient (Wildman–Crippen LogP) is 2.73. The van der Waals surface area contributed by atoms with Gasteiger partial charge in [-0.25, -0.2) is 13.8 Å². The molecule has 1 heterocycles. The SMILES string of the molecule is O=Cc1c(C(F)F)cc(Br)nc1F. The minimum absolute atomic E-state index is 0.0241. The molecule has 13 heavy (non-hydrogen) atoms. The summed E-state index contributed by atoms with van der Waals surface area (Å²) in [6.07, 6.45) is -2.87. The quantitative estimate of drug-likeness (QED) is 0.600. The first-order chi connectivity index (χ1) is 6.06. The van der Waals surface area contributed by atoms with Gasteiger partial charge in [0.2, 0.25) is 5.95 Å². The lowest BCUT2D eigenvalue weighted by Crippen LogP contribution is -2.00. The molecule has 0 saturated heterocycles. The standard InChI is InChI=1S/C7H3BrF3NO/c8-5-1-3(6(9)10)4(2-13)7(11)12-5/h1-2,6H. The van der Waals surface area contributed by atoms with Gasteiger partial charge >= 0.3 is 0 Å². The van der Waals surface area contributed by atoms with Crippen LogP contribution >= 0.6 is 15.9 Å². The molecule has 0 saturated carbocycles. The molecule has 0 atom stereocenters. The van der Waals surface area contributed by atoms with Crippen LogP contribution in [0.5, 0.6) is 0 Å². The van der Waals surface area contributed by atoms with Crippen molar-refractivity contribution in [2.75, 3.05) is 0 Å². The van der Waals surface area contributed by atoms with Crippen LogP contribution in [-0.4, -0.2) is 11.3 Å². The Morgan fingerprint density at radius 3 is 2.62 bits per heavy atom. The Bertz CT molecular complexity index is 343. The van der Waals surface area contributed by atoms with Crippen LogP contribution in [0.3, 0.4) is 0 Å². The number of alkyl halides is 2. The fraction of sp³-hybridized carbons (Fsp3) is 0.143. The zero-order valence-electron chi connectivity index (χ0n) is 6.10. The van der Waals surface area contributed by atoms with Crippen molar-refractivity contribution in [3.05, 3.63) is 27.7 Å². The van der Waals surface area contributed by atoms with Crippen LogP contribution in [0.4, 0.5) is 13.2 Å². The van der Waals surface area contributed by atoms with Crippen LogP contribution in [-0.2, 0) is 0 Å². The summed E-state index contributed by atoms with van der Waals surface area (Å²) < 4.78 is 37.1. The highest BCUT2D eigenvalue weighted by molar-refractivity contribution is 9.10. The van der Waals surface area contributed by atoms with E-state index in [0.717, 1.165) is 6.07 Å². The van der Waals surface area contributed by atoms with Gasteiger partial charge in [0.05, 0.1) is 5.56 Å². The summed E-state index contributed by atoms with van der Waals surface area (Å²) in [5.74, 6) is -1.19. The highest BCUT2D eigenvalue weighted by atomic mass is 79.9. The lowest BCUT2D eigenvalue weighted by molar-refractivity contribution is 0.110. The van der Waals surface area contributed by atoms with Gasteiger partial charge in [-0.2, -0.15) is 4.39 Å². The van der Waals surface area contributed by atoms with Gasteiger partial charge in [0.25, 0.3) is 6.43 Å². The maximum Gasteiger partial charge on any atom is 0.264 e. The van der Waals surface area contributed by atoms with Crippen LogP contribution in [0.1, 0.15) is 22.3 Å². The summed E-state index contributed by atoms with van der Waals surface area (Å²) in [5, 5.41) is 0. The molecular formula is C7H3BrF3NO. The molecule has 0 radical (unpaired) electrons. The third kappa shape index (κ3) is 2.06. The van der Waals surface area contributed by atoms with E-state index in [1.165, 1.54) is 0 Å². The molecule has 1 aromatic rings. The normalized spacial score (nSPS) is 10.5. The fourth-order valence-electron chi connectivity index (χ4n) is 0.809. The first-order valence-corrected chi connectivity index (χ1v) is 3.95. The molecule has 0 N–H and O–H groups in total. The number of rotatable bonds is 2. The smallest absolute Gasteiger partial charge is 0.264 e. The van der Waals surface area contributed by atoms with Crippen molar-refractivity contribution in [2.45, 2.75) is 6.43 Å². The van der Waals surface area contributed by atoms with Crippen molar-refractivity contribution in [1.29, 1.82) is 0 Å². The monoisotopic (exact) mass is 253 g/mol. The van der Waals surface area contributed by atoms with E-state index in [1.54, 1.807) is 0 Å². The predicted molar refractivity (Wildman–Crippen MR) is 42.2 cm³/mol. The molecular weight excluding hydrogens is 251 g/mol. The van der Waals surface area contributed by atoms with Gasteiger partial charge in [-0.15, -0.1) is 0 Å². The summed E-state index contributed by atoms with van der Waals surface area (Å²) in [7, 11) is 0. The maximum absolute atomic E-state index is 12.8. The van der Waals surface area contributed by atoms with Crippen molar-refractivity contribution >= 4 is 22.2 Å². The average Bonchev–Trinajstić information content (AvgIpc) is 2.02. The number of pyridine rings is 1. The van der Waals surface area contributed by atoms with Gasteiger partial charge in [-0.3, -0.25) is 4.79 Å². The Morgan fingerprint density at radius 2 is 2.15 bits per heavy atom. The number of carbonyl (C=O) groups is 1. The van der Waals surface area contributed by atoms with Gasteiger partial charge in [0, 0.05) is 5.56 Å². The Morgan fingerprint density at radius 1 is 1.54 bits per heavy atom. The highest BCUT2D eigenvalue weighted by Gasteiger charge is 2.18. The van der Waals surface area contributed by atoms with Crippen LogP contribution in [0.25, 0.3) is 0 Å². The first kappa shape index (κ1) is 10.2. The largest absolute Gasteiger partial charge is 0.298 e. The number of hydrogen-bond acceptors (Lipinski definition) is 2. The lowest BCUT2D eigenvalue weighted by atomic mass is 10.1. The molecule has 0 unspecified atom stereocenters. The maximum atomic E-state index is 12.8. The van der Waals surface area contributed by atoms with Gasteiger partial charge in [0.15, 0.2) is 6.29 Å². The second kappa shape index (κ2) is 3.87. The van der Waals surface area contributed by atoms with E-state index in [4.69, 9.17) is 0 Å². The van der Waals surface area contributed by atoms with E-state index < -0.39 is 23.5 Å². The number of carbonyl (C=O) groups excluding carboxylic acids is 1. The number of hydrogen-bond donors (Lipinski definition) is 0. The molecule has 0 spiro atoms. The van der Waals surface area contributed by atoms with Crippen LogP contribution in [0.15, 0.2) is 10.7 Å². The molecule has 0 bridgehead atoms. The van der Waals surface area contributed by atoms with E-state index in [2.05, 4.69) is 20.9 Å². The number of halogens is 4. The summed E-state index contributed by atoms with van der Waals surface area (Å²) in [6.45, 7) is 0. The zero-order chi connectivity index (χ0) is 10.0. The zero-order valence-corrected chi connectivity index (χ0v) is 7.69. The molecule has 70 valence electrons. The third-order valence-corrected chi connectivity index (χ3v) is 1.77. The Balaban J connectivity index is 3.38. The first-order valence-electron chi connectivity index (χ1n) is 3.15. The second-order valence-corrected chi connectivity index (χ2v) is 2.97. The van der Waals surface area contributed by atoms with E-state index in [1.807, 2.05) is 0 Å². The molecule has 0 fully saturated rings. The number of aldehydes is 1. The molecule has 0 aliphatic carbocycles. The molecule has 1 aromatic heterocycles. The molecule has 0 aromatic carbocycles. The lowest BCUT2D eigenvalue weighted by Gasteiger charge is -2.03. The summed E-state index contributed by atoms with van der Waals surface area (Å²) in [6, 6.07) is 0.914. The molecule has 2 nitrogen and oxygen atoms in total. The second-order valence-electron chi connectivity index (χ2n) is 2.16. The van der Waals surface area contributed by atoms with E-state index in [0.29, 0.717) is 0 Å². The molecule has 0 amide bonds. The Kier molecular flexibility index (Phi) is 3.02. The van der Waals surface area contributed by atoms with Gasteiger partial charge < -0.3 is 0 Å². The number of nitrogens with zero attached hydrogens (tertiary/aromatic N) is 1. The van der Waals surface area contributed by atoms with E-state index in [-0.39, 0.29) is 10.9 Å². The minimum atomic E-state index is -2.89. The topological polar surface area (TPSA) is 30.0 Å². The molecule has 0 aliphatic heterocycles. The summed E-state index contributed by atoms with van der Waals surface area (Å²) in [5.41, 5.74) is -1.35. The van der Waals surface area contributed by atoms with Crippen molar-refractivity contribution in [3.8, 4) is 0 Å². The van der Waals surface area contributed by atoms with Crippen LogP contribution in [0.2, 0.25) is 0 Å². The number of aromatic nitrogens is 1. The Labute approximate surface area is 79.9 Å². The van der Waals surface area contributed by atoms with Gasteiger partial charge in [0.1, 0.15) is 4.60 Å². The Hall–Kier alpha value is -0.910. The average molecular weight is 254 g/mol. The molecule has 1 rings (SSSR count). The molecule has 0 aliphatic rings. The third-order valence-electron chi connectivity index (χ3n) is 1.37. The summed E-state index contributed by atoms with van der Waals surface area (Å²) >= 11 is 2.74. The van der Waals surface area contributed by atoms with Gasteiger partial charge in [-0.1, -0.05) is 0 Å². The van der Waals surface area contributed by atoms with Crippen molar-refractivity contribution in [2.24, 2.45) is 0 Å². The van der Waals surface area contributed by atoms with Crippen molar-refractivity contribution in [3.63, 3.8) is 0 Å². The van der Waals surface area contributed by atoms with Crippen molar-refractivity contribution < 1.29 is 18.0 Å². The van der Waals surface area contributed by atoms with Crippen molar-refractivity contribution in [1.82, 2.24) is 4.98 Å².